The Kier molecular flexibility index (Phi) is 7.62. The standard InChI is InChI=1S/C33H34F2N4O4/c1-33(2,32(41)42)30-21-8-7-20-11-13-38(19-23(20)15-21)31(40)29-25(34)17-24(18-26(29)35)43-14-6-4-3-5-12-39-28-10-9-22(30)16-27(28)36-37-39/h7-10,15-18,30H,3-6,11-14,19H2,1-2H3,(H,41,42). The maximum absolute atomic E-state index is 15.1. The molecule has 5 aliphatic rings. The Bertz CT molecular complexity index is 1690. The van der Waals surface area contributed by atoms with Crippen LogP contribution in [0.15, 0.2) is 48.5 Å². The van der Waals surface area contributed by atoms with Crippen LogP contribution in [-0.2, 0) is 24.3 Å². The lowest BCUT2D eigenvalue weighted by Crippen LogP contribution is -2.37. The van der Waals surface area contributed by atoms with Crippen molar-refractivity contribution in [1.82, 2.24) is 19.9 Å². The lowest BCUT2D eigenvalue weighted by Gasteiger charge is -2.34. The van der Waals surface area contributed by atoms with E-state index in [1.165, 1.54) is 4.90 Å². The summed E-state index contributed by atoms with van der Waals surface area (Å²) in [6, 6.07) is 13.8. The lowest BCUT2D eigenvalue weighted by molar-refractivity contribution is -0.147. The van der Waals surface area contributed by atoms with Gasteiger partial charge < -0.3 is 14.7 Å². The molecule has 4 aromatic rings. The summed E-state index contributed by atoms with van der Waals surface area (Å²) < 4.78 is 37.7. The maximum atomic E-state index is 15.1. The first-order valence-electron chi connectivity index (χ1n) is 14.7. The molecule has 1 unspecified atom stereocenters. The van der Waals surface area contributed by atoms with Crippen LogP contribution in [0.3, 0.4) is 0 Å². The molecule has 0 spiro atoms. The van der Waals surface area contributed by atoms with Crippen molar-refractivity contribution < 1.29 is 28.2 Å². The van der Waals surface area contributed by atoms with E-state index >= 15 is 8.78 Å². The fraction of sp³-hybridized carbons (Fsp3) is 0.394. The third kappa shape index (κ3) is 5.46. The third-order valence-electron chi connectivity index (χ3n) is 8.77. The van der Waals surface area contributed by atoms with Crippen molar-refractivity contribution in [1.29, 1.82) is 0 Å². The van der Waals surface area contributed by atoms with Crippen molar-refractivity contribution >= 4 is 22.9 Å². The number of nitrogens with zero attached hydrogens (tertiary/aromatic N) is 4. The number of aryl methyl sites for hydroxylation is 1. The fourth-order valence-electron chi connectivity index (χ4n) is 6.32. The Hall–Kier alpha value is -4.34. The van der Waals surface area contributed by atoms with Crippen LogP contribution in [-0.4, -0.2) is 50.0 Å². The van der Waals surface area contributed by atoms with Crippen LogP contribution < -0.4 is 4.74 Å². The highest BCUT2D eigenvalue weighted by molar-refractivity contribution is 5.95. The first kappa shape index (κ1) is 28.8. The van der Waals surface area contributed by atoms with Gasteiger partial charge in [-0.05, 0) is 73.9 Å². The zero-order valence-corrected chi connectivity index (χ0v) is 24.3. The number of aromatic nitrogens is 3. The Labute approximate surface area is 248 Å². The van der Waals surface area contributed by atoms with Crippen LogP contribution in [0.4, 0.5) is 8.78 Å². The maximum Gasteiger partial charge on any atom is 0.310 e. The Morgan fingerprint density at radius 2 is 1.67 bits per heavy atom. The van der Waals surface area contributed by atoms with Crippen LogP contribution in [0.1, 0.15) is 78.1 Å². The average Bonchev–Trinajstić information content (AvgIpc) is 3.37. The molecule has 1 amide bonds. The molecule has 1 N–H and O–H groups in total. The highest BCUT2D eigenvalue weighted by atomic mass is 19.1. The summed E-state index contributed by atoms with van der Waals surface area (Å²) in [6.45, 7) is 4.82. The molecular formula is C33H34F2N4O4. The second-order valence-corrected chi connectivity index (χ2v) is 12.1. The van der Waals surface area contributed by atoms with E-state index < -0.39 is 40.4 Å². The van der Waals surface area contributed by atoms with Crippen molar-refractivity contribution in [2.75, 3.05) is 13.2 Å². The average molecular weight is 589 g/mol. The van der Waals surface area contributed by atoms with Crippen molar-refractivity contribution in [3.8, 4) is 5.75 Å². The van der Waals surface area contributed by atoms with Gasteiger partial charge in [0.05, 0.1) is 17.5 Å². The predicted octanol–water partition coefficient (Wildman–Crippen LogP) is 6.10. The first-order valence-corrected chi connectivity index (χ1v) is 14.7. The first-order chi connectivity index (χ1) is 20.6. The van der Waals surface area contributed by atoms with E-state index in [9.17, 15) is 14.7 Å². The van der Waals surface area contributed by atoms with Crippen LogP contribution in [0.5, 0.6) is 5.75 Å². The molecule has 0 fully saturated rings. The predicted molar refractivity (Wildman–Crippen MR) is 156 cm³/mol. The van der Waals surface area contributed by atoms with Gasteiger partial charge in [0.1, 0.15) is 28.5 Å². The third-order valence-corrected chi connectivity index (χ3v) is 8.77. The minimum atomic E-state index is -1.19. The van der Waals surface area contributed by atoms with Gasteiger partial charge in [0.15, 0.2) is 0 Å². The van der Waals surface area contributed by atoms with Gasteiger partial charge in [-0.15, -0.1) is 5.10 Å². The smallest absolute Gasteiger partial charge is 0.310 e. The Morgan fingerprint density at radius 1 is 0.953 bits per heavy atom. The summed E-state index contributed by atoms with van der Waals surface area (Å²) in [5.41, 5.74) is 3.16. The summed E-state index contributed by atoms with van der Waals surface area (Å²) in [6.07, 6.45) is 3.84. The summed E-state index contributed by atoms with van der Waals surface area (Å²) >= 11 is 0. The SMILES string of the molecule is CC(C)(C(=O)O)C1c2ccc3c(c2)CN(CC3)C(=O)c2c(F)cc(cc2F)OCCCCCCn2nnc3cc1ccc32. The summed E-state index contributed by atoms with van der Waals surface area (Å²) in [4.78, 5) is 27.4. The topological polar surface area (TPSA) is 97.6 Å². The van der Waals surface area contributed by atoms with E-state index in [0.29, 0.717) is 38.1 Å². The van der Waals surface area contributed by atoms with E-state index in [2.05, 4.69) is 10.3 Å². The van der Waals surface area contributed by atoms with Gasteiger partial charge in [-0.1, -0.05) is 35.9 Å². The number of aliphatic carboxylic acids is 1. The number of benzene rings is 3. The Morgan fingerprint density at radius 3 is 2.44 bits per heavy atom. The lowest BCUT2D eigenvalue weighted by atomic mass is 9.70. The monoisotopic (exact) mass is 588 g/mol. The van der Waals surface area contributed by atoms with Gasteiger partial charge >= 0.3 is 5.97 Å². The van der Waals surface area contributed by atoms with Crippen molar-refractivity contribution in [3.63, 3.8) is 0 Å². The van der Waals surface area contributed by atoms with E-state index in [1.807, 2.05) is 41.1 Å². The number of hydrogen-bond acceptors (Lipinski definition) is 5. The number of carboxylic acid groups (broad SMARTS) is 1. The molecule has 8 nitrogen and oxygen atoms in total. The molecule has 6 heterocycles. The summed E-state index contributed by atoms with van der Waals surface area (Å²) in [5, 5.41) is 19.0. The van der Waals surface area contributed by atoms with Gasteiger partial charge in [0.25, 0.3) is 5.91 Å². The van der Waals surface area contributed by atoms with E-state index in [-0.39, 0.29) is 12.3 Å². The molecule has 5 aliphatic heterocycles. The highest BCUT2D eigenvalue weighted by Crippen LogP contribution is 2.43. The fourth-order valence-corrected chi connectivity index (χ4v) is 6.32. The van der Waals surface area contributed by atoms with Crippen LogP contribution in [0, 0.1) is 17.0 Å². The molecule has 0 saturated heterocycles. The number of halogens is 2. The van der Waals surface area contributed by atoms with E-state index in [0.717, 1.165) is 59.2 Å². The molecule has 0 radical (unpaired) electrons. The molecular weight excluding hydrogens is 554 g/mol. The van der Waals surface area contributed by atoms with Gasteiger partial charge in [-0.3, -0.25) is 9.59 Å². The van der Waals surface area contributed by atoms with Crippen molar-refractivity contribution in [2.24, 2.45) is 5.41 Å². The Balaban J connectivity index is 1.43. The molecule has 0 aliphatic carbocycles. The minimum absolute atomic E-state index is 0.0546. The number of ether oxygens (including phenoxy) is 1. The van der Waals surface area contributed by atoms with Crippen molar-refractivity contribution in [3.05, 3.63) is 88.0 Å². The van der Waals surface area contributed by atoms with Gasteiger partial charge in [0.2, 0.25) is 0 Å². The summed E-state index contributed by atoms with van der Waals surface area (Å²) in [7, 11) is 0. The van der Waals surface area contributed by atoms with Crippen LogP contribution in [0.2, 0.25) is 0 Å². The highest BCUT2D eigenvalue weighted by Gasteiger charge is 2.40. The molecule has 9 rings (SSSR count). The van der Waals surface area contributed by atoms with Gasteiger partial charge in [0, 0.05) is 37.7 Å². The normalized spacial score (nSPS) is 18.0. The molecule has 43 heavy (non-hydrogen) atoms. The number of rotatable bonds is 2. The van der Waals surface area contributed by atoms with Crippen molar-refractivity contribution in [2.45, 2.75) is 65.0 Å². The van der Waals surface area contributed by atoms with Gasteiger partial charge in [-0.25, -0.2) is 13.5 Å². The largest absolute Gasteiger partial charge is 0.493 e. The summed E-state index contributed by atoms with van der Waals surface area (Å²) in [5.74, 6) is -4.08. The molecule has 10 heteroatoms. The zero-order chi connectivity index (χ0) is 30.3. The molecule has 3 aromatic carbocycles. The number of carbonyl (C=O) groups is 2. The van der Waals surface area contributed by atoms with Gasteiger partial charge in [-0.2, -0.15) is 0 Å². The molecule has 9 bridgehead atoms. The second-order valence-electron chi connectivity index (χ2n) is 12.1. The number of carboxylic acids is 1. The quantitative estimate of drug-likeness (QED) is 0.304. The van der Waals surface area contributed by atoms with E-state index in [4.69, 9.17) is 4.74 Å². The molecule has 0 saturated carbocycles. The molecule has 1 atom stereocenters. The molecule has 1 aromatic heterocycles. The number of amides is 1. The number of carbonyl (C=O) groups excluding carboxylic acids is 1. The molecule has 224 valence electrons. The van der Waals surface area contributed by atoms with E-state index in [1.54, 1.807) is 13.8 Å². The minimum Gasteiger partial charge on any atom is -0.493 e. The van der Waals surface area contributed by atoms with Crippen LogP contribution >= 0.6 is 0 Å². The van der Waals surface area contributed by atoms with Crippen LogP contribution in [0.25, 0.3) is 11.0 Å². The second kappa shape index (κ2) is 11.4. The zero-order valence-electron chi connectivity index (χ0n) is 24.3. The number of hydrogen-bond donors (Lipinski definition) is 1.